The van der Waals surface area contributed by atoms with Crippen LogP contribution < -0.4 is 5.32 Å². The standard InChI is InChI=1S/C28H32N4O3/c1-4-21(2)32(28(34)29-26-15-7-11-22-10-5-6-14-25(22)26)20-27(33)31(19-24-13-9-17-35-24)18-23-12-8-16-30(23)3/h5-17,21H,4,18-20H2,1-3H3,(H,29,34). The molecule has 7 heteroatoms. The molecule has 0 spiro atoms. The molecule has 0 radical (unpaired) electrons. The number of anilines is 1. The number of furan rings is 1. The van der Waals surface area contributed by atoms with Crippen LogP contribution in [0.25, 0.3) is 10.8 Å². The average molecular weight is 473 g/mol. The van der Waals surface area contributed by atoms with Crippen LogP contribution in [0.2, 0.25) is 0 Å². The zero-order chi connectivity index (χ0) is 24.8. The van der Waals surface area contributed by atoms with Gasteiger partial charge in [0.1, 0.15) is 12.3 Å². The number of fused-ring (bicyclic) bond motifs is 1. The highest BCUT2D eigenvalue weighted by Crippen LogP contribution is 2.24. The van der Waals surface area contributed by atoms with Crippen molar-refractivity contribution < 1.29 is 14.0 Å². The van der Waals surface area contributed by atoms with Gasteiger partial charge >= 0.3 is 6.03 Å². The van der Waals surface area contributed by atoms with E-state index >= 15 is 0 Å². The molecular weight excluding hydrogens is 440 g/mol. The van der Waals surface area contributed by atoms with Crippen molar-refractivity contribution in [1.82, 2.24) is 14.4 Å². The number of urea groups is 1. The first-order valence-electron chi connectivity index (χ1n) is 11.9. The Hall–Kier alpha value is -4.00. The van der Waals surface area contributed by atoms with Gasteiger partial charge in [-0.25, -0.2) is 4.79 Å². The molecule has 1 unspecified atom stereocenters. The maximum Gasteiger partial charge on any atom is 0.322 e. The summed E-state index contributed by atoms with van der Waals surface area (Å²) in [7, 11) is 1.95. The number of aromatic nitrogens is 1. The summed E-state index contributed by atoms with van der Waals surface area (Å²) < 4.78 is 7.50. The highest BCUT2D eigenvalue weighted by atomic mass is 16.3. The number of nitrogens with zero attached hydrogens (tertiary/aromatic N) is 3. The zero-order valence-electron chi connectivity index (χ0n) is 20.5. The Labute approximate surface area is 205 Å². The Morgan fingerprint density at radius 3 is 2.51 bits per heavy atom. The molecule has 4 rings (SSSR count). The summed E-state index contributed by atoms with van der Waals surface area (Å²) >= 11 is 0. The number of nitrogens with one attached hydrogen (secondary N) is 1. The third-order valence-electron chi connectivity index (χ3n) is 6.40. The van der Waals surface area contributed by atoms with E-state index < -0.39 is 0 Å². The largest absolute Gasteiger partial charge is 0.467 e. The predicted octanol–water partition coefficient (Wildman–Crippen LogP) is 5.63. The highest BCUT2D eigenvalue weighted by molar-refractivity contribution is 6.02. The first-order chi connectivity index (χ1) is 17.0. The van der Waals surface area contributed by atoms with Crippen LogP contribution in [0.5, 0.6) is 0 Å². The van der Waals surface area contributed by atoms with Crippen LogP contribution >= 0.6 is 0 Å². The van der Waals surface area contributed by atoms with Crippen LogP contribution in [0.4, 0.5) is 10.5 Å². The summed E-state index contributed by atoms with van der Waals surface area (Å²) in [6, 6.07) is 20.9. The molecule has 2 heterocycles. The van der Waals surface area contributed by atoms with E-state index in [0.717, 1.165) is 28.6 Å². The van der Waals surface area contributed by atoms with E-state index in [4.69, 9.17) is 4.42 Å². The van der Waals surface area contributed by atoms with Gasteiger partial charge in [-0.15, -0.1) is 0 Å². The predicted molar refractivity (Wildman–Crippen MR) is 138 cm³/mol. The van der Waals surface area contributed by atoms with Crippen molar-refractivity contribution in [3.05, 3.63) is 90.6 Å². The SMILES string of the molecule is CCC(C)N(CC(=O)N(Cc1ccco1)Cc1cccn1C)C(=O)Nc1cccc2ccccc12. The van der Waals surface area contributed by atoms with E-state index in [-0.39, 0.29) is 24.5 Å². The number of benzene rings is 2. The van der Waals surface area contributed by atoms with Gasteiger partial charge in [-0.1, -0.05) is 43.3 Å². The second kappa shape index (κ2) is 11.0. The lowest BCUT2D eigenvalue weighted by atomic mass is 10.1. The van der Waals surface area contributed by atoms with Crippen molar-refractivity contribution in [3.8, 4) is 0 Å². The van der Waals surface area contributed by atoms with Crippen molar-refractivity contribution in [2.75, 3.05) is 11.9 Å². The molecule has 3 amide bonds. The minimum absolute atomic E-state index is 0.0310. The number of hydrogen-bond donors (Lipinski definition) is 1. The van der Waals surface area contributed by atoms with Crippen LogP contribution in [0.15, 0.2) is 83.6 Å². The molecule has 0 saturated carbocycles. The molecule has 35 heavy (non-hydrogen) atoms. The van der Waals surface area contributed by atoms with Crippen LogP contribution in [0.3, 0.4) is 0 Å². The number of carbonyl (C=O) groups is 2. The van der Waals surface area contributed by atoms with E-state index in [1.54, 1.807) is 16.1 Å². The number of aryl methyl sites for hydroxylation is 1. The van der Waals surface area contributed by atoms with Crippen LogP contribution in [0.1, 0.15) is 31.7 Å². The van der Waals surface area contributed by atoms with Crippen molar-refractivity contribution in [3.63, 3.8) is 0 Å². The highest BCUT2D eigenvalue weighted by Gasteiger charge is 2.26. The number of carbonyl (C=O) groups excluding carboxylic acids is 2. The lowest BCUT2D eigenvalue weighted by Gasteiger charge is -2.31. The third kappa shape index (κ3) is 5.74. The molecule has 0 saturated heterocycles. The number of amides is 3. The summed E-state index contributed by atoms with van der Waals surface area (Å²) in [5.74, 6) is 0.554. The summed E-state index contributed by atoms with van der Waals surface area (Å²) in [5, 5.41) is 5.04. The maximum absolute atomic E-state index is 13.6. The molecule has 1 N–H and O–H groups in total. The molecule has 4 aromatic rings. The monoisotopic (exact) mass is 472 g/mol. The molecule has 0 aliphatic carbocycles. The summed E-state index contributed by atoms with van der Waals surface area (Å²) in [5.41, 5.74) is 1.73. The molecule has 1 atom stereocenters. The quantitative estimate of drug-likeness (QED) is 0.343. The normalized spacial score (nSPS) is 11.9. The Kier molecular flexibility index (Phi) is 7.55. The van der Waals surface area contributed by atoms with E-state index in [0.29, 0.717) is 18.8 Å². The van der Waals surface area contributed by atoms with Crippen molar-refractivity contribution in [2.45, 2.75) is 39.4 Å². The van der Waals surface area contributed by atoms with E-state index in [9.17, 15) is 9.59 Å². The molecule has 0 aliphatic heterocycles. The second-order valence-corrected chi connectivity index (χ2v) is 8.78. The van der Waals surface area contributed by atoms with Gasteiger partial charge < -0.3 is 24.1 Å². The van der Waals surface area contributed by atoms with Crippen LogP contribution in [-0.4, -0.2) is 38.9 Å². The lowest BCUT2D eigenvalue weighted by Crippen LogP contribution is -2.48. The fourth-order valence-electron chi connectivity index (χ4n) is 4.09. The molecule has 7 nitrogen and oxygen atoms in total. The lowest BCUT2D eigenvalue weighted by molar-refractivity contribution is -0.133. The van der Waals surface area contributed by atoms with Gasteiger partial charge in [0.25, 0.3) is 0 Å². The molecule has 2 aromatic heterocycles. The van der Waals surface area contributed by atoms with Gasteiger partial charge in [-0.2, -0.15) is 0 Å². The van der Waals surface area contributed by atoms with E-state index in [1.807, 2.05) is 98.4 Å². The van der Waals surface area contributed by atoms with Gasteiger partial charge in [0.2, 0.25) is 5.91 Å². The van der Waals surface area contributed by atoms with Gasteiger partial charge in [-0.05, 0) is 49.1 Å². The van der Waals surface area contributed by atoms with Gasteiger partial charge in [0, 0.05) is 30.4 Å². The van der Waals surface area contributed by atoms with Crippen molar-refractivity contribution in [1.29, 1.82) is 0 Å². The first kappa shape index (κ1) is 24.1. The second-order valence-electron chi connectivity index (χ2n) is 8.78. The summed E-state index contributed by atoms with van der Waals surface area (Å²) in [6.07, 6.45) is 4.28. The number of hydrogen-bond acceptors (Lipinski definition) is 3. The van der Waals surface area contributed by atoms with E-state index in [1.165, 1.54) is 0 Å². The Bertz CT molecular complexity index is 1270. The smallest absolute Gasteiger partial charge is 0.322 e. The van der Waals surface area contributed by atoms with Gasteiger partial charge in [-0.3, -0.25) is 4.79 Å². The summed E-state index contributed by atoms with van der Waals surface area (Å²) in [6.45, 7) is 4.69. The minimum Gasteiger partial charge on any atom is -0.467 e. The van der Waals surface area contributed by atoms with Crippen LogP contribution in [0, 0.1) is 0 Å². The molecular formula is C28H32N4O3. The Balaban J connectivity index is 1.55. The Morgan fingerprint density at radius 1 is 1.00 bits per heavy atom. The molecule has 0 fully saturated rings. The third-order valence-corrected chi connectivity index (χ3v) is 6.40. The molecule has 0 bridgehead atoms. The molecule has 2 aromatic carbocycles. The molecule has 182 valence electrons. The number of rotatable bonds is 9. The Morgan fingerprint density at radius 2 is 1.80 bits per heavy atom. The van der Waals surface area contributed by atoms with Crippen LogP contribution in [-0.2, 0) is 24.9 Å². The minimum atomic E-state index is -0.291. The average Bonchev–Trinajstić information content (AvgIpc) is 3.53. The first-order valence-corrected chi connectivity index (χ1v) is 11.9. The maximum atomic E-state index is 13.6. The zero-order valence-corrected chi connectivity index (χ0v) is 20.5. The van der Waals surface area contributed by atoms with E-state index in [2.05, 4.69) is 5.32 Å². The topological polar surface area (TPSA) is 70.7 Å². The van der Waals surface area contributed by atoms with Crippen molar-refractivity contribution >= 4 is 28.4 Å². The van der Waals surface area contributed by atoms with Gasteiger partial charge in [0.05, 0.1) is 25.0 Å². The molecule has 0 aliphatic rings. The van der Waals surface area contributed by atoms with Gasteiger partial charge in [0.15, 0.2) is 0 Å². The summed E-state index contributed by atoms with van der Waals surface area (Å²) in [4.78, 5) is 30.3. The fourth-order valence-corrected chi connectivity index (χ4v) is 4.09. The fraction of sp³-hybridized carbons (Fsp3) is 0.286. The van der Waals surface area contributed by atoms with Crippen molar-refractivity contribution in [2.24, 2.45) is 7.05 Å².